The zero-order valence-corrected chi connectivity index (χ0v) is 10.2. The van der Waals surface area contributed by atoms with Gasteiger partial charge in [-0.05, 0) is 30.7 Å². The van der Waals surface area contributed by atoms with Gasteiger partial charge in [0.2, 0.25) is 0 Å². The molecule has 1 rings (SSSR count). The van der Waals surface area contributed by atoms with Crippen molar-refractivity contribution in [3.05, 3.63) is 30.1 Å². The summed E-state index contributed by atoms with van der Waals surface area (Å²) < 4.78 is 12.7. The Balaban J connectivity index is 2.59. The molecule has 0 aliphatic rings. The van der Waals surface area contributed by atoms with E-state index in [0.717, 1.165) is 17.7 Å². The lowest BCUT2D eigenvalue weighted by Gasteiger charge is -2.20. The van der Waals surface area contributed by atoms with Gasteiger partial charge in [-0.25, -0.2) is 4.39 Å². The molecule has 0 heterocycles. The summed E-state index contributed by atoms with van der Waals surface area (Å²) in [6.45, 7) is 2.11. The van der Waals surface area contributed by atoms with Crippen LogP contribution in [0.25, 0.3) is 0 Å². The van der Waals surface area contributed by atoms with E-state index in [1.54, 1.807) is 12.1 Å². The maximum atomic E-state index is 12.7. The number of hydrogen-bond donors (Lipinski definition) is 2. The zero-order chi connectivity index (χ0) is 12.0. The number of aliphatic hydroxyl groups excluding tert-OH is 1. The Morgan fingerprint density at radius 2 is 2.00 bits per heavy atom. The molecule has 0 aliphatic carbocycles. The number of rotatable bonds is 6. The number of benzene rings is 1. The minimum absolute atomic E-state index is 0.0228. The summed E-state index contributed by atoms with van der Waals surface area (Å²) >= 11 is 1.50. The van der Waals surface area contributed by atoms with E-state index in [9.17, 15) is 9.50 Å². The van der Waals surface area contributed by atoms with Crippen molar-refractivity contribution < 1.29 is 9.50 Å². The standard InChI is InChI=1S/C12H18FNOS/c1-2-3-11(14)12(8-15)16-10-6-4-9(13)5-7-10/h4-7,11-12,15H,2-3,8,14H2,1H3. The predicted molar refractivity (Wildman–Crippen MR) is 66.0 cm³/mol. The average Bonchev–Trinajstić information content (AvgIpc) is 2.28. The van der Waals surface area contributed by atoms with Gasteiger partial charge in [0.05, 0.1) is 6.61 Å². The molecule has 0 bridgehead atoms. The number of nitrogens with two attached hydrogens (primary N) is 1. The second-order valence-corrected chi connectivity index (χ2v) is 5.06. The van der Waals surface area contributed by atoms with Gasteiger partial charge in [-0.1, -0.05) is 13.3 Å². The van der Waals surface area contributed by atoms with Crippen molar-refractivity contribution >= 4 is 11.8 Å². The third-order valence-electron chi connectivity index (χ3n) is 2.38. The Labute approximate surface area is 100 Å². The van der Waals surface area contributed by atoms with Gasteiger partial charge in [-0.15, -0.1) is 11.8 Å². The Morgan fingerprint density at radius 3 is 2.50 bits per heavy atom. The third kappa shape index (κ3) is 4.12. The second-order valence-electron chi connectivity index (χ2n) is 3.75. The topological polar surface area (TPSA) is 46.2 Å². The number of thioether (sulfide) groups is 1. The van der Waals surface area contributed by atoms with Crippen LogP contribution in [0.2, 0.25) is 0 Å². The van der Waals surface area contributed by atoms with Crippen LogP contribution in [0.15, 0.2) is 29.2 Å². The molecule has 1 aromatic carbocycles. The molecule has 90 valence electrons. The van der Waals surface area contributed by atoms with Gasteiger partial charge in [-0.2, -0.15) is 0 Å². The first-order valence-electron chi connectivity index (χ1n) is 5.46. The highest BCUT2D eigenvalue weighted by atomic mass is 32.2. The van der Waals surface area contributed by atoms with Crippen LogP contribution in [0.3, 0.4) is 0 Å². The van der Waals surface area contributed by atoms with E-state index in [-0.39, 0.29) is 23.7 Å². The average molecular weight is 243 g/mol. The van der Waals surface area contributed by atoms with Crippen LogP contribution in [-0.4, -0.2) is 23.0 Å². The van der Waals surface area contributed by atoms with Gasteiger partial charge >= 0.3 is 0 Å². The zero-order valence-electron chi connectivity index (χ0n) is 9.40. The van der Waals surface area contributed by atoms with Crippen LogP contribution in [0.1, 0.15) is 19.8 Å². The highest BCUT2D eigenvalue weighted by Crippen LogP contribution is 2.26. The normalized spacial score (nSPS) is 14.8. The fourth-order valence-electron chi connectivity index (χ4n) is 1.47. The van der Waals surface area contributed by atoms with Crippen LogP contribution in [0.5, 0.6) is 0 Å². The first-order valence-corrected chi connectivity index (χ1v) is 6.34. The summed E-state index contributed by atoms with van der Waals surface area (Å²) in [5.74, 6) is -0.247. The molecule has 1 aromatic rings. The Kier molecular flexibility index (Phi) is 5.80. The molecule has 3 N–H and O–H groups in total. The molecule has 0 spiro atoms. The smallest absolute Gasteiger partial charge is 0.123 e. The molecule has 0 saturated carbocycles. The maximum absolute atomic E-state index is 12.7. The summed E-state index contributed by atoms with van der Waals surface area (Å²) in [5, 5.41) is 9.24. The van der Waals surface area contributed by atoms with Crippen LogP contribution in [0.4, 0.5) is 4.39 Å². The Hall–Kier alpha value is -0.580. The van der Waals surface area contributed by atoms with Crippen molar-refractivity contribution in [1.82, 2.24) is 0 Å². The van der Waals surface area contributed by atoms with E-state index in [4.69, 9.17) is 5.73 Å². The van der Waals surface area contributed by atoms with Gasteiger partial charge in [0.15, 0.2) is 0 Å². The highest BCUT2D eigenvalue weighted by molar-refractivity contribution is 8.00. The molecule has 0 aromatic heterocycles. The largest absolute Gasteiger partial charge is 0.395 e. The molecule has 0 aliphatic heterocycles. The minimum Gasteiger partial charge on any atom is -0.395 e. The quantitative estimate of drug-likeness (QED) is 0.754. The van der Waals surface area contributed by atoms with Crippen LogP contribution in [-0.2, 0) is 0 Å². The SMILES string of the molecule is CCCC(N)C(CO)Sc1ccc(F)cc1. The molecular weight excluding hydrogens is 225 g/mol. The molecule has 0 saturated heterocycles. The van der Waals surface area contributed by atoms with E-state index in [0.29, 0.717) is 0 Å². The summed E-state index contributed by atoms with van der Waals surface area (Å²) in [6, 6.07) is 6.23. The Morgan fingerprint density at radius 1 is 1.38 bits per heavy atom. The van der Waals surface area contributed by atoms with Crippen LogP contribution >= 0.6 is 11.8 Å². The molecule has 2 atom stereocenters. The Bertz CT molecular complexity index is 304. The second kappa shape index (κ2) is 6.89. The third-order valence-corrected chi connectivity index (χ3v) is 3.73. The molecule has 0 radical (unpaired) electrons. The van der Waals surface area contributed by atoms with E-state index >= 15 is 0 Å². The molecular formula is C12H18FNOS. The van der Waals surface area contributed by atoms with E-state index in [1.807, 2.05) is 0 Å². The first-order chi connectivity index (χ1) is 7.67. The van der Waals surface area contributed by atoms with Crippen molar-refractivity contribution in [2.24, 2.45) is 5.73 Å². The first kappa shape index (κ1) is 13.5. The van der Waals surface area contributed by atoms with Gasteiger partial charge < -0.3 is 10.8 Å². The summed E-state index contributed by atoms with van der Waals surface area (Å²) in [5.41, 5.74) is 5.96. The number of halogens is 1. The number of hydrogen-bond acceptors (Lipinski definition) is 3. The lowest BCUT2D eigenvalue weighted by atomic mass is 10.1. The van der Waals surface area contributed by atoms with Crippen molar-refractivity contribution in [2.75, 3.05) is 6.61 Å². The lowest BCUT2D eigenvalue weighted by molar-refractivity contribution is 0.279. The van der Waals surface area contributed by atoms with Gasteiger partial charge in [0.1, 0.15) is 5.82 Å². The van der Waals surface area contributed by atoms with Crippen molar-refractivity contribution in [2.45, 2.75) is 36.0 Å². The van der Waals surface area contributed by atoms with E-state index < -0.39 is 0 Å². The van der Waals surface area contributed by atoms with Gasteiger partial charge in [0, 0.05) is 16.2 Å². The summed E-state index contributed by atoms with van der Waals surface area (Å²) in [4.78, 5) is 0.937. The summed E-state index contributed by atoms with van der Waals surface area (Å²) in [6.07, 6.45) is 1.89. The van der Waals surface area contributed by atoms with Crippen LogP contribution in [0, 0.1) is 5.82 Å². The maximum Gasteiger partial charge on any atom is 0.123 e. The summed E-state index contributed by atoms with van der Waals surface area (Å²) in [7, 11) is 0. The number of aliphatic hydroxyl groups is 1. The van der Waals surface area contributed by atoms with Crippen molar-refractivity contribution in [3.8, 4) is 0 Å². The van der Waals surface area contributed by atoms with Gasteiger partial charge in [-0.3, -0.25) is 0 Å². The predicted octanol–water partition coefficient (Wildman–Crippen LogP) is 2.41. The molecule has 4 heteroatoms. The van der Waals surface area contributed by atoms with Crippen molar-refractivity contribution in [3.63, 3.8) is 0 Å². The van der Waals surface area contributed by atoms with Crippen molar-refractivity contribution in [1.29, 1.82) is 0 Å². The van der Waals surface area contributed by atoms with Gasteiger partial charge in [0.25, 0.3) is 0 Å². The van der Waals surface area contributed by atoms with Crippen LogP contribution < -0.4 is 5.73 Å². The van der Waals surface area contributed by atoms with E-state index in [1.165, 1.54) is 23.9 Å². The minimum atomic E-state index is -0.247. The lowest BCUT2D eigenvalue weighted by Crippen LogP contribution is -2.34. The molecule has 0 fully saturated rings. The fraction of sp³-hybridized carbons (Fsp3) is 0.500. The fourth-order valence-corrected chi connectivity index (χ4v) is 2.50. The molecule has 2 nitrogen and oxygen atoms in total. The molecule has 16 heavy (non-hydrogen) atoms. The monoisotopic (exact) mass is 243 g/mol. The molecule has 2 unspecified atom stereocenters. The highest BCUT2D eigenvalue weighted by Gasteiger charge is 2.17. The molecule has 0 amide bonds. The van der Waals surface area contributed by atoms with E-state index in [2.05, 4.69) is 6.92 Å².